The lowest BCUT2D eigenvalue weighted by Crippen LogP contribution is -2.69. The van der Waals surface area contributed by atoms with Crippen molar-refractivity contribution in [3.05, 3.63) is 65.7 Å². The summed E-state index contributed by atoms with van der Waals surface area (Å²) >= 11 is 0. The molecule has 5 atom stereocenters. The SMILES string of the molecule is C=CCN1CC[C@]23c4c5c(O)cc(OC)c4O[C@H]2[C@H](N(C(=O)CCCCCCCCCCc2ccccc2)C(C)C)CC[C@H]3[C@H]1C5. The number of aromatic hydroxyl groups is 1. The minimum atomic E-state index is -0.214. The van der Waals surface area contributed by atoms with E-state index in [4.69, 9.17) is 9.47 Å². The molecule has 6 rings (SSSR count). The van der Waals surface area contributed by atoms with Crippen molar-refractivity contribution in [2.75, 3.05) is 20.2 Å². The monoisotopic (exact) mass is 628 g/mol. The minimum Gasteiger partial charge on any atom is -0.508 e. The summed E-state index contributed by atoms with van der Waals surface area (Å²) in [6.07, 6.45) is 17.1. The number of carbonyl (C=O) groups excluding carboxylic acids is 1. The van der Waals surface area contributed by atoms with E-state index in [0.717, 1.165) is 62.9 Å². The number of unbranched alkanes of at least 4 members (excludes halogenated alkanes) is 7. The Kier molecular flexibility index (Phi) is 10.3. The third-order valence-corrected chi connectivity index (χ3v) is 11.7. The molecule has 1 saturated heterocycles. The van der Waals surface area contributed by atoms with Crippen molar-refractivity contribution in [3.8, 4) is 17.2 Å². The highest BCUT2D eigenvalue weighted by atomic mass is 16.5. The van der Waals surface area contributed by atoms with Gasteiger partial charge in [0.1, 0.15) is 11.9 Å². The Morgan fingerprint density at radius 3 is 2.52 bits per heavy atom. The molecule has 2 fully saturated rings. The third-order valence-electron chi connectivity index (χ3n) is 11.7. The van der Waals surface area contributed by atoms with Crippen LogP contribution in [0, 0.1) is 5.92 Å². The number of methoxy groups -OCH3 is 1. The van der Waals surface area contributed by atoms with Crippen LogP contribution in [0.5, 0.6) is 17.2 Å². The first-order valence-corrected chi connectivity index (χ1v) is 18.2. The number of piperidine rings is 1. The van der Waals surface area contributed by atoms with Crippen LogP contribution in [-0.2, 0) is 23.1 Å². The lowest BCUT2D eigenvalue weighted by Gasteiger charge is -2.60. The fourth-order valence-electron chi connectivity index (χ4n) is 9.78. The smallest absolute Gasteiger partial charge is 0.223 e. The molecule has 0 radical (unpaired) electrons. The Balaban J connectivity index is 1.08. The van der Waals surface area contributed by atoms with E-state index in [2.05, 4.69) is 60.6 Å². The molecule has 1 N–H and O–H groups in total. The topological polar surface area (TPSA) is 62.2 Å². The van der Waals surface area contributed by atoms with Gasteiger partial charge in [-0.3, -0.25) is 9.69 Å². The number of ether oxygens (including phenoxy) is 2. The number of phenolic OH excluding ortho intramolecular Hbond substituents is 1. The van der Waals surface area contributed by atoms with E-state index in [1.807, 2.05) is 6.08 Å². The number of hydrogen-bond donors (Lipinski definition) is 1. The lowest BCUT2D eigenvalue weighted by molar-refractivity contribution is -0.145. The fourth-order valence-corrected chi connectivity index (χ4v) is 9.78. The maximum Gasteiger partial charge on any atom is 0.223 e. The van der Waals surface area contributed by atoms with Crippen LogP contribution in [0.25, 0.3) is 0 Å². The molecule has 2 aliphatic heterocycles. The highest BCUT2D eigenvalue weighted by molar-refractivity contribution is 5.77. The van der Waals surface area contributed by atoms with Gasteiger partial charge in [-0.1, -0.05) is 74.9 Å². The van der Waals surface area contributed by atoms with Crippen molar-refractivity contribution in [2.24, 2.45) is 5.92 Å². The molecule has 46 heavy (non-hydrogen) atoms. The molecule has 2 bridgehead atoms. The number of benzene rings is 2. The number of likely N-dealkylation sites (tertiary alicyclic amines) is 1. The third kappa shape index (κ3) is 6.07. The molecule has 4 aliphatic rings. The Morgan fingerprint density at radius 2 is 1.83 bits per heavy atom. The molecular formula is C40H56N2O4. The second-order valence-electron chi connectivity index (χ2n) is 14.6. The number of phenols is 1. The van der Waals surface area contributed by atoms with E-state index in [9.17, 15) is 9.90 Å². The Bertz CT molecular complexity index is 1360. The molecule has 2 aliphatic carbocycles. The van der Waals surface area contributed by atoms with Crippen LogP contribution >= 0.6 is 0 Å². The predicted molar refractivity (Wildman–Crippen MR) is 185 cm³/mol. The molecule has 2 aromatic carbocycles. The summed E-state index contributed by atoms with van der Waals surface area (Å²) in [5.74, 6) is 2.42. The zero-order valence-corrected chi connectivity index (χ0v) is 28.5. The van der Waals surface area contributed by atoms with Gasteiger partial charge in [-0.25, -0.2) is 0 Å². The zero-order valence-electron chi connectivity index (χ0n) is 28.5. The Labute approximate surface area is 277 Å². The molecular weight excluding hydrogens is 572 g/mol. The standard InChI is InChI=1S/C40H56N2O4/c1-5-24-41-25-23-40-31-21-22-32(39(40)46-38-35(45-4)27-34(43)30(37(38)40)26-33(31)41)42(28(2)3)36(44)20-16-11-9-7-6-8-10-13-17-29-18-14-12-15-19-29/h5,12,14-15,18-19,27-28,31-33,39,43H,1,6-11,13,16-17,20-26H2,2-4H3/t31-,32+,33+,39-,40-/m0/s1. The molecule has 1 saturated carbocycles. The number of aryl methyl sites for hydroxylation is 1. The van der Waals surface area contributed by atoms with Crippen LogP contribution in [0.1, 0.15) is 108 Å². The van der Waals surface area contributed by atoms with Crippen molar-refractivity contribution >= 4 is 5.91 Å². The first-order chi connectivity index (χ1) is 22.4. The first-order valence-electron chi connectivity index (χ1n) is 18.2. The van der Waals surface area contributed by atoms with Gasteiger partial charge in [-0.2, -0.15) is 0 Å². The van der Waals surface area contributed by atoms with E-state index < -0.39 is 0 Å². The second-order valence-corrected chi connectivity index (χ2v) is 14.6. The largest absolute Gasteiger partial charge is 0.508 e. The normalized spacial score (nSPS) is 26.0. The number of amides is 1. The average Bonchev–Trinajstić information content (AvgIpc) is 3.39. The van der Waals surface area contributed by atoms with Crippen LogP contribution in [-0.4, -0.2) is 65.2 Å². The highest BCUT2D eigenvalue weighted by Gasteiger charge is 2.67. The van der Waals surface area contributed by atoms with Crippen LogP contribution < -0.4 is 9.47 Å². The minimum absolute atomic E-state index is 0.0106. The molecule has 0 unspecified atom stereocenters. The number of rotatable bonds is 16. The molecule has 1 spiro atoms. The van der Waals surface area contributed by atoms with Gasteiger partial charge in [0.05, 0.1) is 13.2 Å². The molecule has 2 aromatic rings. The number of nitrogens with zero attached hydrogens (tertiary/aromatic N) is 2. The van der Waals surface area contributed by atoms with Gasteiger partial charge in [-0.05, 0) is 76.8 Å². The Hall–Kier alpha value is -2.99. The van der Waals surface area contributed by atoms with Gasteiger partial charge < -0.3 is 19.5 Å². The molecule has 2 heterocycles. The second kappa shape index (κ2) is 14.4. The maximum atomic E-state index is 14.0. The van der Waals surface area contributed by atoms with Crippen molar-refractivity contribution in [1.82, 2.24) is 9.80 Å². The molecule has 6 nitrogen and oxygen atoms in total. The molecule has 250 valence electrons. The Morgan fingerprint density at radius 1 is 1.11 bits per heavy atom. The summed E-state index contributed by atoms with van der Waals surface area (Å²) in [6.45, 7) is 10.2. The highest BCUT2D eigenvalue weighted by Crippen LogP contribution is 2.65. The summed E-state index contributed by atoms with van der Waals surface area (Å²) in [6, 6.07) is 13.0. The summed E-state index contributed by atoms with van der Waals surface area (Å²) in [4.78, 5) is 18.7. The molecule has 0 aromatic heterocycles. The number of carbonyl (C=O) groups is 1. The van der Waals surface area contributed by atoms with E-state index in [1.54, 1.807) is 13.2 Å². The lowest BCUT2D eigenvalue weighted by atomic mass is 9.50. The van der Waals surface area contributed by atoms with Crippen molar-refractivity contribution in [1.29, 1.82) is 0 Å². The summed E-state index contributed by atoms with van der Waals surface area (Å²) in [5, 5.41) is 11.2. The van der Waals surface area contributed by atoms with Crippen LogP contribution in [0.2, 0.25) is 0 Å². The van der Waals surface area contributed by atoms with E-state index in [-0.39, 0.29) is 29.5 Å². The van der Waals surface area contributed by atoms with E-state index >= 15 is 0 Å². The fraction of sp³-hybridized carbons (Fsp3) is 0.625. The van der Waals surface area contributed by atoms with Crippen LogP contribution in [0.3, 0.4) is 0 Å². The van der Waals surface area contributed by atoms with Gasteiger partial charge in [-0.15, -0.1) is 6.58 Å². The van der Waals surface area contributed by atoms with E-state index in [0.29, 0.717) is 29.9 Å². The van der Waals surface area contributed by atoms with Crippen LogP contribution in [0.15, 0.2) is 49.1 Å². The van der Waals surface area contributed by atoms with Gasteiger partial charge in [0.2, 0.25) is 5.91 Å². The van der Waals surface area contributed by atoms with Crippen LogP contribution in [0.4, 0.5) is 0 Å². The summed E-state index contributed by atoms with van der Waals surface area (Å²) < 4.78 is 12.8. The van der Waals surface area contributed by atoms with Gasteiger partial charge in [0.15, 0.2) is 11.5 Å². The summed E-state index contributed by atoms with van der Waals surface area (Å²) in [5.41, 5.74) is 3.43. The average molecular weight is 629 g/mol. The van der Waals surface area contributed by atoms with Crippen molar-refractivity contribution < 1.29 is 19.4 Å². The van der Waals surface area contributed by atoms with Gasteiger partial charge in [0, 0.05) is 47.7 Å². The predicted octanol–water partition coefficient (Wildman–Crippen LogP) is 7.99. The molecule has 1 amide bonds. The quantitative estimate of drug-likeness (QED) is 0.151. The maximum absolute atomic E-state index is 14.0. The van der Waals surface area contributed by atoms with Crippen molar-refractivity contribution in [3.63, 3.8) is 0 Å². The van der Waals surface area contributed by atoms with E-state index in [1.165, 1.54) is 56.1 Å². The van der Waals surface area contributed by atoms with Gasteiger partial charge in [0.25, 0.3) is 0 Å². The summed E-state index contributed by atoms with van der Waals surface area (Å²) in [7, 11) is 1.66. The zero-order chi connectivity index (χ0) is 32.3. The van der Waals surface area contributed by atoms with Crippen molar-refractivity contribution in [2.45, 2.75) is 133 Å². The number of hydrogen-bond acceptors (Lipinski definition) is 5. The molecule has 6 heteroatoms. The van der Waals surface area contributed by atoms with Gasteiger partial charge >= 0.3 is 0 Å². The first kappa shape index (κ1) is 32.9.